The van der Waals surface area contributed by atoms with Gasteiger partial charge >= 0.3 is 0 Å². The van der Waals surface area contributed by atoms with Gasteiger partial charge in [-0.25, -0.2) is 13.8 Å². The third-order valence-electron chi connectivity index (χ3n) is 1.86. The fourth-order valence-electron chi connectivity index (χ4n) is 1.12. The number of halogens is 3. The fourth-order valence-corrected chi connectivity index (χ4v) is 1.32. The Morgan fingerprint density at radius 3 is 2.60 bits per heavy atom. The first-order chi connectivity index (χ1) is 6.91. The van der Waals surface area contributed by atoms with Crippen LogP contribution in [0.25, 0.3) is 0 Å². The van der Waals surface area contributed by atoms with Gasteiger partial charge in [0.15, 0.2) is 5.82 Å². The first-order valence-electron chi connectivity index (χ1n) is 4.20. The molecule has 0 aliphatic heterocycles. The topological polar surface area (TPSA) is 55.0 Å². The number of nitrogen functional groups attached to an aromatic ring is 1. The van der Waals surface area contributed by atoms with Crippen molar-refractivity contribution < 1.29 is 8.78 Å². The Hall–Kier alpha value is -1.17. The van der Waals surface area contributed by atoms with E-state index in [9.17, 15) is 8.78 Å². The lowest BCUT2D eigenvalue weighted by atomic mass is 10.3. The minimum absolute atomic E-state index is 0.00202. The van der Waals surface area contributed by atoms with Gasteiger partial charge in [-0.2, -0.15) is 4.98 Å². The predicted molar refractivity (Wildman–Crippen MR) is 55.5 cm³/mol. The van der Waals surface area contributed by atoms with Crippen LogP contribution >= 0.6 is 11.6 Å². The Bertz CT molecular complexity index is 359. The van der Waals surface area contributed by atoms with E-state index in [2.05, 4.69) is 9.97 Å². The summed E-state index contributed by atoms with van der Waals surface area (Å²) in [5, 5.41) is -0.00202. The average molecular weight is 237 g/mol. The molecule has 1 aromatic heterocycles. The number of hydrogen-bond donors (Lipinski definition) is 1. The molecular weight excluding hydrogens is 226 g/mol. The van der Waals surface area contributed by atoms with Gasteiger partial charge in [0.25, 0.3) is 6.43 Å². The van der Waals surface area contributed by atoms with Crippen molar-refractivity contribution in [2.75, 3.05) is 24.2 Å². The third-order valence-corrected chi connectivity index (χ3v) is 2.03. The van der Waals surface area contributed by atoms with E-state index in [1.807, 2.05) is 0 Å². The van der Waals surface area contributed by atoms with Gasteiger partial charge in [0.1, 0.15) is 0 Å². The van der Waals surface area contributed by atoms with Crippen LogP contribution in [0.3, 0.4) is 0 Å². The summed E-state index contributed by atoms with van der Waals surface area (Å²) in [5.41, 5.74) is 6.40. The lowest BCUT2D eigenvalue weighted by Crippen LogP contribution is -2.26. The Balaban J connectivity index is 3.02. The molecule has 0 aromatic carbocycles. The molecule has 0 amide bonds. The molecule has 4 nitrogen and oxygen atoms in total. The largest absolute Gasteiger partial charge is 0.394 e. The summed E-state index contributed by atoms with van der Waals surface area (Å²) in [5.74, 6) is 0.229. The van der Waals surface area contributed by atoms with Gasteiger partial charge in [-0.3, -0.25) is 0 Å². The van der Waals surface area contributed by atoms with Gasteiger partial charge in [0.05, 0.1) is 17.9 Å². The summed E-state index contributed by atoms with van der Waals surface area (Å²) in [6.45, 7) is 1.19. The first-order valence-corrected chi connectivity index (χ1v) is 4.58. The van der Waals surface area contributed by atoms with Crippen molar-refractivity contribution in [3.05, 3.63) is 11.0 Å². The van der Waals surface area contributed by atoms with Gasteiger partial charge in [-0.05, 0) is 18.5 Å². The van der Waals surface area contributed by atoms with E-state index < -0.39 is 13.0 Å². The van der Waals surface area contributed by atoms with Crippen LogP contribution in [0.5, 0.6) is 0 Å². The summed E-state index contributed by atoms with van der Waals surface area (Å²) in [7, 11) is 1.47. The Kier molecular flexibility index (Phi) is 3.62. The van der Waals surface area contributed by atoms with Gasteiger partial charge in [0.2, 0.25) is 5.28 Å². The second-order valence-electron chi connectivity index (χ2n) is 3.09. The fraction of sp³-hybridized carbons (Fsp3) is 0.500. The van der Waals surface area contributed by atoms with Crippen molar-refractivity contribution in [1.29, 1.82) is 0 Å². The number of nitrogens with two attached hydrogens (primary N) is 1. The normalized spacial score (nSPS) is 10.8. The van der Waals surface area contributed by atoms with Crippen LogP contribution in [-0.4, -0.2) is 30.0 Å². The van der Waals surface area contributed by atoms with Crippen LogP contribution in [0.2, 0.25) is 5.28 Å². The number of alkyl halides is 2. The van der Waals surface area contributed by atoms with Crippen molar-refractivity contribution in [1.82, 2.24) is 9.97 Å². The quantitative estimate of drug-likeness (QED) is 0.812. The summed E-state index contributed by atoms with van der Waals surface area (Å²) in [6.07, 6.45) is -2.46. The second kappa shape index (κ2) is 4.57. The molecule has 0 bridgehead atoms. The van der Waals surface area contributed by atoms with Crippen LogP contribution < -0.4 is 10.6 Å². The minimum Gasteiger partial charge on any atom is -0.394 e. The number of aromatic nitrogens is 2. The molecule has 0 aliphatic rings. The highest BCUT2D eigenvalue weighted by Gasteiger charge is 2.15. The van der Waals surface area contributed by atoms with Gasteiger partial charge in [-0.1, -0.05) is 0 Å². The zero-order valence-electron chi connectivity index (χ0n) is 8.34. The summed E-state index contributed by atoms with van der Waals surface area (Å²) in [4.78, 5) is 8.87. The molecule has 1 heterocycles. The zero-order valence-corrected chi connectivity index (χ0v) is 9.09. The molecule has 0 spiro atoms. The molecule has 15 heavy (non-hydrogen) atoms. The number of nitrogens with zero attached hydrogens (tertiary/aromatic N) is 3. The summed E-state index contributed by atoms with van der Waals surface area (Å²) < 4.78 is 24.3. The monoisotopic (exact) mass is 236 g/mol. The minimum atomic E-state index is -2.46. The molecule has 0 radical (unpaired) electrons. The lowest BCUT2D eigenvalue weighted by Gasteiger charge is -2.19. The molecule has 0 saturated carbocycles. The molecule has 1 aromatic rings. The average Bonchev–Trinajstić information content (AvgIpc) is 2.09. The maximum absolute atomic E-state index is 12.1. The van der Waals surface area contributed by atoms with Crippen molar-refractivity contribution in [2.45, 2.75) is 13.3 Å². The highest BCUT2D eigenvalue weighted by molar-refractivity contribution is 6.28. The Labute approximate surface area is 91.1 Å². The van der Waals surface area contributed by atoms with Crippen molar-refractivity contribution in [3.8, 4) is 0 Å². The first kappa shape index (κ1) is 11.9. The van der Waals surface area contributed by atoms with Crippen LogP contribution in [0, 0.1) is 6.92 Å². The molecule has 7 heteroatoms. The smallest absolute Gasteiger partial charge is 0.255 e. The van der Waals surface area contributed by atoms with Crippen LogP contribution in [0.1, 0.15) is 5.69 Å². The SMILES string of the molecule is Cc1nc(Cl)nc(N(C)CC(F)F)c1N. The van der Waals surface area contributed by atoms with Crippen LogP contribution in [-0.2, 0) is 0 Å². The molecule has 0 aliphatic carbocycles. The highest BCUT2D eigenvalue weighted by Crippen LogP contribution is 2.23. The molecule has 0 unspecified atom stereocenters. The maximum Gasteiger partial charge on any atom is 0.255 e. The standard InChI is InChI=1S/C8H11ClF2N4/c1-4-6(12)7(14-8(9)13-4)15(2)3-5(10)11/h5H,3,12H2,1-2H3. The van der Waals surface area contributed by atoms with E-state index in [0.717, 1.165) is 0 Å². The van der Waals surface area contributed by atoms with Crippen molar-refractivity contribution in [2.24, 2.45) is 0 Å². The highest BCUT2D eigenvalue weighted by atomic mass is 35.5. The second-order valence-corrected chi connectivity index (χ2v) is 3.42. The summed E-state index contributed by atoms with van der Waals surface area (Å²) in [6, 6.07) is 0. The van der Waals surface area contributed by atoms with E-state index in [-0.39, 0.29) is 16.8 Å². The molecule has 2 N–H and O–H groups in total. The zero-order chi connectivity index (χ0) is 11.6. The number of rotatable bonds is 3. The van der Waals surface area contributed by atoms with Crippen LogP contribution in [0.15, 0.2) is 0 Å². The van der Waals surface area contributed by atoms with E-state index >= 15 is 0 Å². The molecular formula is C8H11ClF2N4. The van der Waals surface area contributed by atoms with Gasteiger partial charge in [-0.15, -0.1) is 0 Å². The predicted octanol–water partition coefficient (Wildman–Crippen LogP) is 1.72. The van der Waals surface area contributed by atoms with E-state index in [1.54, 1.807) is 6.92 Å². The van der Waals surface area contributed by atoms with E-state index in [4.69, 9.17) is 17.3 Å². The molecule has 1 rings (SSSR count). The lowest BCUT2D eigenvalue weighted by molar-refractivity contribution is 0.156. The summed E-state index contributed by atoms with van der Waals surface area (Å²) >= 11 is 5.61. The van der Waals surface area contributed by atoms with Gasteiger partial charge < -0.3 is 10.6 Å². The molecule has 0 fully saturated rings. The Morgan fingerprint density at radius 1 is 1.47 bits per heavy atom. The van der Waals surface area contributed by atoms with Crippen molar-refractivity contribution >= 4 is 23.1 Å². The molecule has 0 atom stereocenters. The van der Waals surface area contributed by atoms with Crippen molar-refractivity contribution in [3.63, 3.8) is 0 Å². The maximum atomic E-state index is 12.1. The molecule has 84 valence electrons. The number of hydrogen-bond acceptors (Lipinski definition) is 4. The number of aryl methyl sites for hydroxylation is 1. The number of anilines is 2. The van der Waals surface area contributed by atoms with E-state index in [1.165, 1.54) is 11.9 Å². The van der Waals surface area contributed by atoms with Gasteiger partial charge in [0, 0.05) is 7.05 Å². The van der Waals surface area contributed by atoms with E-state index in [0.29, 0.717) is 5.69 Å². The van der Waals surface area contributed by atoms with Crippen LogP contribution in [0.4, 0.5) is 20.3 Å². The Morgan fingerprint density at radius 2 is 2.07 bits per heavy atom. The third kappa shape index (κ3) is 2.89. The molecule has 0 saturated heterocycles.